The van der Waals surface area contributed by atoms with Gasteiger partial charge in [-0.25, -0.2) is 23.5 Å². The molecular weight excluding hydrogens is 765 g/mol. The van der Waals surface area contributed by atoms with E-state index in [1.165, 1.54) is 18.3 Å². The molecule has 1 aliphatic carbocycles. The van der Waals surface area contributed by atoms with Crippen molar-refractivity contribution >= 4 is 31.9 Å². The van der Waals surface area contributed by atoms with Gasteiger partial charge in [0.25, 0.3) is 6.43 Å². The van der Waals surface area contributed by atoms with E-state index in [-0.39, 0.29) is 70.2 Å². The fourth-order valence-corrected chi connectivity index (χ4v) is 6.22. The SMILES string of the molecule is Cc1cc(Nc2cc(C(F)F)ccn2)nc(-c2ccc([C@](C)(O)[C@H]3CC[C@H](C(=O)OCOC(=O)OCCOCCOCCOCCO[PH](O)(O)O)CC3)nc2)c1. The summed E-state index contributed by atoms with van der Waals surface area (Å²) in [4.78, 5) is 63.8. The molecule has 0 amide bonds. The first-order chi connectivity index (χ1) is 26.7. The molecule has 3 heterocycles. The molecule has 0 spiro atoms. The third-order valence-electron chi connectivity index (χ3n) is 8.79. The molecule has 0 radical (unpaired) electrons. The number of esters is 1. The first kappa shape index (κ1) is 44.7. The summed E-state index contributed by atoms with van der Waals surface area (Å²) in [6.45, 7) is 3.80. The number of aliphatic hydroxyl groups is 1. The molecule has 0 aromatic carbocycles. The number of nitrogens with zero attached hydrogens (tertiary/aromatic N) is 3. The van der Waals surface area contributed by atoms with E-state index in [0.717, 1.165) is 5.56 Å². The Morgan fingerprint density at radius 3 is 2.14 bits per heavy atom. The summed E-state index contributed by atoms with van der Waals surface area (Å²) in [5.41, 5.74) is 1.19. The number of carbonyl (C=O) groups is 2. The van der Waals surface area contributed by atoms with Crippen LogP contribution in [0, 0.1) is 18.8 Å². The molecule has 310 valence electrons. The number of nitrogens with one attached hydrogen (secondary N) is 1. The summed E-state index contributed by atoms with van der Waals surface area (Å²) in [5, 5.41) is 14.5. The van der Waals surface area contributed by atoms with E-state index in [1.807, 2.05) is 13.0 Å². The molecule has 1 aliphatic rings. The van der Waals surface area contributed by atoms with Gasteiger partial charge in [-0.1, -0.05) is 0 Å². The van der Waals surface area contributed by atoms with Crippen molar-refractivity contribution in [1.29, 1.82) is 0 Å². The molecule has 0 aliphatic heterocycles. The molecule has 1 saturated carbocycles. The van der Waals surface area contributed by atoms with E-state index in [0.29, 0.717) is 48.5 Å². The number of halogens is 2. The van der Waals surface area contributed by atoms with Crippen LogP contribution in [0.25, 0.3) is 11.3 Å². The Bertz CT molecular complexity index is 1680. The molecule has 0 unspecified atom stereocenters. The van der Waals surface area contributed by atoms with Crippen molar-refractivity contribution in [1.82, 2.24) is 15.0 Å². The molecule has 4 rings (SSSR count). The monoisotopic (exact) mass is 814 g/mol. The van der Waals surface area contributed by atoms with Crippen LogP contribution in [0.5, 0.6) is 0 Å². The van der Waals surface area contributed by atoms with Gasteiger partial charge in [0.05, 0.1) is 17.3 Å². The summed E-state index contributed by atoms with van der Waals surface area (Å²) in [7, 11) is -4.52. The minimum absolute atomic E-state index is 0.0511. The summed E-state index contributed by atoms with van der Waals surface area (Å²) in [6.07, 6.45) is 1.27. The second-order valence-corrected chi connectivity index (χ2v) is 14.5. The largest absolute Gasteiger partial charge is 0.258 e. The fourth-order valence-electron chi connectivity index (χ4n) is 5.87. The topological polar surface area (TPSA) is 230 Å². The normalized spacial score (nSPS) is 17.2. The molecule has 0 bridgehead atoms. The van der Waals surface area contributed by atoms with E-state index in [9.17, 15) is 23.5 Å². The maximum absolute atomic E-state index is 13.1. The molecular formula is C36H49F2N4O13P. The Kier molecular flexibility index (Phi) is 17.6. The van der Waals surface area contributed by atoms with Crippen molar-refractivity contribution in [3.63, 3.8) is 0 Å². The van der Waals surface area contributed by atoms with Crippen LogP contribution in [-0.4, -0.2) is 107 Å². The van der Waals surface area contributed by atoms with Gasteiger partial charge in [0, 0.05) is 23.5 Å². The minimum atomic E-state index is -4.52. The number of hydrogen-bond acceptors (Lipinski definition) is 17. The average Bonchev–Trinajstić information content (AvgIpc) is 3.16. The standard InChI is InChI=1S/C36H49F2N4O13P/c1-24-19-29(41-32(20-24)42-31-21-26(33(37)38)9-10-39-31)27-5-8-30(40-22-27)36(2,45)28-6-3-25(4-7-28)34(43)53-23-54-35(44)52-17-15-50-13-11-49-12-14-51-16-18-55-56(46,47)48/h5,8-10,19-22,25,28,33,45-48,56H,3-4,6-7,11-18,23H2,1-2H3,(H,39,41,42)/t25-,28-,36-/m1/s1. The van der Waals surface area contributed by atoms with Crippen LogP contribution < -0.4 is 5.32 Å². The third-order valence-corrected chi connectivity index (χ3v) is 9.38. The number of alkyl halides is 2. The van der Waals surface area contributed by atoms with E-state index >= 15 is 0 Å². The Labute approximate surface area is 322 Å². The van der Waals surface area contributed by atoms with Gasteiger partial charge >= 0.3 is 107 Å². The average molecular weight is 815 g/mol. The van der Waals surface area contributed by atoms with E-state index < -0.39 is 45.0 Å². The van der Waals surface area contributed by atoms with Gasteiger partial charge < -0.3 is 24.6 Å². The summed E-state index contributed by atoms with van der Waals surface area (Å²) >= 11 is 0. The van der Waals surface area contributed by atoms with Crippen molar-refractivity contribution in [3.8, 4) is 11.3 Å². The minimum Gasteiger partial charge on any atom is -0.258 e. The molecule has 3 aromatic heterocycles. The van der Waals surface area contributed by atoms with Crippen molar-refractivity contribution < 1.29 is 71.1 Å². The second-order valence-electron chi connectivity index (χ2n) is 13.0. The van der Waals surface area contributed by atoms with Crippen molar-refractivity contribution in [2.45, 2.75) is 51.6 Å². The predicted octanol–water partition coefficient (Wildman–Crippen LogP) is 4.65. The molecule has 17 nitrogen and oxygen atoms in total. The van der Waals surface area contributed by atoms with E-state index in [1.54, 1.807) is 31.3 Å². The Hall–Kier alpha value is -4.04. The maximum atomic E-state index is 13.1. The number of rotatable bonds is 22. The van der Waals surface area contributed by atoms with Crippen molar-refractivity contribution in [2.24, 2.45) is 11.8 Å². The Balaban J connectivity index is 1.10. The van der Waals surface area contributed by atoms with Gasteiger partial charge in [0.2, 0.25) is 6.79 Å². The number of aryl methyl sites for hydroxylation is 1. The number of anilines is 2. The number of hydrogen-bond donors (Lipinski definition) is 5. The first-order valence-electron chi connectivity index (χ1n) is 17.9. The van der Waals surface area contributed by atoms with Crippen LogP contribution in [0.1, 0.15) is 55.9 Å². The fraction of sp³-hybridized carbons (Fsp3) is 0.528. The Morgan fingerprint density at radius 1 is 0.857 bits per heavy atom. The van der Waals surface area contributed by atoms with Gasteiger partial charge in [-0.3, -0.25) is 9.78 Å². The van der Waals surface area contributed by atoms with Gasteiger partial charge in [0.1, 0.15) is 17.2 Å². The zero-order valence-electron chi connectivity index (χ0n) is 31.1. The molecule has 0 saturated heterocycles. The zero-order valence-corrected chi connectivity index (χ0v) is 32.1. The quantitative estimate of drug-likeness (QED) is 0.0402. The van der Waals surface area contributed by atoms with Gasteiger partial charge in [-0.05, 0) is 87.4 Å². The predicted molar refractivity (Wildman–Crippen MR) is 196 cm³/mol. The first-order valence-corrected chi connectivity index (χ1v) is 19.7. The second kappa shape index (κ2) is 22.0. The van der Waals surface area contributed by atoms with Gasteiger partial charge in [-0.2, -0.15) is 0 Å². The molecule has 1 fully saturated rings. The van der Waals surface area contributed by atoms with Crippen LogP contribution in [0.15, 0.2) is 48.8 Å². The summed E-state index contributed by atoms with van der Waals surface area (Å²) in [5.74, 6) is -0.449. The molecule has 56 heavy (non-hydrogen) atoms. The van der Waals surface area contributed by atoms with Crippen LogP contribution in [-0.2, 0) is 43.3 Å². The van der Waals surface area contributed by atoms with E-state index in [4.69, 9.17) is 43.1 Å². The zero-order chi connectivity index (χ0) is 40.6. The number of aromatic nitrogens is 3. The van der Waals surface area contributed by atoms with Gasteiger partial charge in [0.15, 0.2) is 0 Å². The number of ether oxygens (including phenoxy) is 6. The van der Waals surface area contributed by atoms with Gasteiger partial charge in [-0.15, -0.1) is 0 Å². The van der Waals surface area contributed by atoms with Crippen LogP contribution in [0.3, 0.4) is 0 Å². The van der Waals surface area contributed by atoms with Crippen LogP contribution in [0.2, 0.25) is 0 Å². The summed E-state index contributed by atoms with van der Waals surface area (Å²) < 4.78 is 61.1. The molecule has 5 N–H and O–H groups in total. The van der Waals surface area contributed by atoms with Crippen molar-refractivity contribution in [2.75, 3.05) is 65.0 Å². The van der Waals surface area contributed by atoms with E-state index in [2.05, 4.69) is 24.8 Å². The molecule has 3 aromatic rings. The van der Waals surface area contributed by atoms with Crippen molar-refractivity contribution in [3.05, 3.63) is 65.6 Å². The van der Waals surface area contributed by atoms with Crippen LogP contribution in [0.4, 0.5) is 25.2 Å². The van der Waals surface area contributed by atoms with Crippen LogP contribution >= 0.6 is 8.17 Å². The smallest absolute Gasteiger partial charge is 0.0366 e. The number of pyridine rings is 3. The summed E-state index contributed by atoms with van der Waals surface area (Å²) in [6, 6.07) is 9.70. The molecule has 20 heteroatoms. The number of carbonyl (C=O) groups excluding carboxylic acids is 2. The third kappa shape index (κ3) is 15.1. The molecule has 1 atom stereocenters. The Morgan fingerprint density at radius 2 is 1.52 bits per heavy atom. The maximum Gasteiger partial charge on any atom is 0.0366 e.